The molecular formula is C16H16FN3O2. The van der Waals surface area contributed by atoms with Crippen LogP contribution in [-0.4, -0.2) is 26.0 Å². The Balaban J connectivity index is 2.08. The summed E-state index contributed by atoms with van der Waals surface area (Å²) < 4.78 is 13.4. The van der Waals surface area contributed by atoms with Crippen molar-refractivity contribution in [1.82, 2.24) is 15.0 Å². The Hall–Kier alpha value is -2.37. The summed E-state index contributed by atoms with van der Waals surface area (Å²) in [6.07, 6.45) is 4.08. The number of fused-ring (bicyclic) bond motifs is 1. The number of aryl methyl sites for hydroxylation is 1. The number of carboxylic acid groups (broad SMARTS) is 1. The summed E-state index contributed by atoms with van der Waals surface area (Å²) >= 11 is 0. The van der Waals surface area contributed by atoms with Gasteiger partial charge in [0, 0.05) is 23.9 Å². The van der Waals surface area contributed by atoms with E-state index in [1.807, 2.05) is 6.92 Å². The smallest absolute Gasteiger partial charge is 0.304 e. The Bertz CT molecular complexity index is 733. The van der Waals surface area contributed by atoms with Crippen molar-refractivity contribution in [2.75, 3.05) is 0 Å². The van der Waals surface area contributed by atoms with E-state index in [0.717, 1.165) is 36.2 Å². The number of hydrogen-bond donors (Lipinski definition) is 1. The van der Waals surface area contributed by atoms with Gasteiger partial charge in [0.05, 0.1) is 12.1 Å². The number of halogens is 1. The van der Waals surface area contributed by atoms with Gasteiger partial charge >= 0.3 is 5.97 Å². The molecule has 3 rings (SSSR count). The van der Waals surface area contributed by atoms with E-state index >= 15 is 0 Å². The van der Waals surface area contributed by atoms with Crippen molar-refractivity contribution in [1.29, 1.82) is 0 Å². The number of hydrogen-bond acceptors (Lipinski definition) is 4. The minimum atomic E-state index is -0.858. The van der Waals surface area contributed by atoms with Gasteiger partial charge in [-0.05, 0) is 30.9 Å². The fraction of sp³-hybridized carbons (Fsp3) is 0.375. The van der Waals surface area contributed by atoms with Crippen molar-refractivity contribution in [3.05, 3.63) is 41.1 Å². The summed E-state index contributed by atoms with van der Waals surface area (Å²) in [5.41, 5.74) is 3.11. The van der Waals surface area contributed by atoms with Crippen molar-refractivity contribution in [3.63, 3.8) is 0 Å². The molecule has 1 N–H and O–H groups in total. The third-order valence-corrected chi connectivity index (χ3v) is 3.86. The van der Waals surface area contributed by atoms with Crippen LogP contribution in [0.5, 0.6) is 0 Å². The molecule has 0 aromatic carbocycles. The average molecular weight is 301 g/mol. The highest BCUT2D eigenvalue weighted by molar-refractivity contribution is 5.68. The molecule has 2 aromatic heterocycles. The van der Waals surface area contributed by atoms with Crippen LogP contribution in [0.15, 0.2) is 18.3 Å². The molecule has 1 unspecified atom stereocenters. The highest BCUT2D eigenvalue weighted by Crippen LogP contribution is 2.31. The molecule has 0 amide bonds. The molecule has 1 aliphatic carbocycles. The molecule has 2 heterocycles. The van der Waals surface area contributed by atoms with Crippen LogP contribution < -0.4 is 0 Å². The lowest BCUT2D eigenvalue weighted by atomic mass is 9.98. The highest BCUT2D eigenvalue weighted by Gasteiger charge is 2.24. The topological polar surface area (TPSA) is 76.0 Å². The van der Waals surface area contributed by atoms with Crippen LogP contribution in [0.1, 0.15) is 42.6 Å². The van der Waals surface area contributed by atoms with Gasteiger partial charge in [0.25, 0.3) is 0 Å². The zero-order chi connectivity index (χ0) is 15.7. The SMILES string of the molecule is CC(CC(=O)O)c1nc(-c2cc(F)ccn2)nc2c1CCC2. The molecular weight excluding hydrogens is 285 g/mol. The molecule has 0 fully saturated rings. The van der Waals surface area contributed by atoms with Crippen LogP contribution in [0.2, 0.25) is 0 Å². The number of aromatic nitrogens is 3. The number of rotatable bonds is 4. The van der Waals surface area contributed by atoms with E-state index in [1.54, 1.807) is 0 Å². The van der Waals surface area contributed by atoms with E-state index in [-0.39, 0.29) is 12.3 Å². The van der Waals surface area contributed by atoms with Crippen LogP contribution in [0.25, 0.3) is 11.5 Å². The average Bonchev–Trinajstić information content (AvgIpc) is 2.93. The van der Waals surface area contributed by atoms with Gasteiger partial charge in [-0.3, -0.25) is 9.78 Å². The minimum Gasteiger partial charge on any atom is -0.481 e. The maximum atomic E-state index is 13.4. The molecule has 0 bridgehead atoms. The van der Waals surface area contributed by atoms with Crippen molar-refractivity contribution < 1.29 is 14.3 Å². The lowest BCUT2D eigenvalue weighted by Gasteiger charge is -2.14. The number of nitrogens with zero attached hydrogens (tertiary/aromatic N) is 3. The van der Waals surface area contributed by atoms with Gasteiger partial charge in [-0.15, -0.1) is 0 Å². The van der Waals surface area contributed by atoms with Gasteiger partial charge in [-0.2, -0.15) is 0 Å². The molecule has 0 saturated carbocycles. The van der Waals surface area contributed by atoms with Crippen LogP contribution in [0, 0.1) is 5.82 Å². The van der Waals surface area contributed by atoms with Crippen molar-refractivity contribution >= 4 is 5.97 Å². The fourth-order valence-electron chi connectivity index (χ4n) is 2.87. The molecule has 0 spiro atoms. The highest BCUT2D eigenvalue weighted by atomic mass is 19.1. The lowest BCUT2D eigenvalue weighted by molar-refractivity contribution is -0.137. The fourth-order valence-corrected chi connectivity index (χ4v) is 2.87. The molecule has 0 radical (unpaired) electrons. The van der Waals surface area contributed by atoms with E-state index in [4.69, 9.17) is 5.11 Å². The van der Waals surface area contributed by atoms with Crippen LogP contribution in [0.4, 0.5) is 4.39 Å². The molecule has 114 valence electrons. The Kier molecular flexibility index (Phi) is 3.83. The van der Waals surface area contributed by atoms with E-state index in [2.05, 4.69) is 15.0 Å². The Morgan fingerprint density at radius 2 is 2.23 bits per heavy atom. The predicted octanol–water partition coefficient (Wildman–Crippen LogP) is 2.74. The molecule has 0 saturated heterocycles. The van der Waals surface area contributed by atoms with E-state index in [1.165, 1.54) is 18.3 Å². The zero-order valence-electron chi connectivity index (χ0n) is 12.2. The molecule has 0 aliphatic heterocycles. The summed E-state index contributed by atoms with van der Waals surface area (Å²) in [6.45, 7) is 1.85. The first kappa shape index (κ1) is 14.6. The summed E-state index contributed by atoms with van der Waals surface area (Å²) in [5.74, 6) is -1.09. The molecule has 22 heavy (non-hydrogen) atoms. The third kappa shape index (κ3) is 2.81. The molecule has 1 atom stereocenters. The number of aliphatic carboxylic acids is 1. The second kappa shape index (κ2) is 5.79. The molecule has 2 aromatic rings. The van der Waals surface area contributed by atoms with E-state index in [0.29, 0.717) is 11.5 Å². The van der Waals surface area contributed by atoms with E-state index in [9.17, 15) is 9.18 Å². The minimum absolute atomic E-state index is 0.0134. The normalized spacial score (nSPS) is 14.6. The quantitative estimate of drug-likeness (QED) is 0.939. The Labute approximate surface area is 127 Å². The third-order valence-electron chi connectivity index (χ3n) is 3.86. The standard InChI is InChI=1S/C16H16FN3O2/c1-9(7-14(21)22)15-11-3-2-4-12(11)19-16(20-15)13-8-10(17)5-6-18-13/h5-6,8-9H,2-4,7H2,1H3,(H,21,22). The summed E-state index contributed by atoms with van der Waals surface area (Å²) in [5, 5.41) is 9.01. The summed E-state index contributed by atoms with van der Waals surface area (Å²) in [7, 11) is 0. The second-order valence-corrected chi connectivity index (χ2v) is 5.57. The van der Waals surface area contributed by atoms with Crippen LogP contribution in [0.3, 0.4) is 0 Å². The predicted molar refractivity (Wildman–Crippen MR) is 77.9 cm³/mol. The van der Waals surface area contributed by atoms with Gasteiger partial charge in [-0.1, -0.05) is 6.92 Å². The van der Waals surface area contributed by atoms with Crippen LogP contribution in [-0.2, 0) is 17.6 Å². The number of carboxylic acids is 1. The number of pyridine rings is 1. The molecule has 1 aliphatic rings. The molecule has 5 nitrogen and oxygen atoms in total. The van der Waals surface area contributed by atoms with Gasteiger partial charge in [0.1, 0.15) is 11.5 Å². The monoisotopic (exact) mass is 301 g/mol. The first-order valence-corrected chi connectivity index (χ1v) is 7.28. The summed E-state index contributed by atoms with van der Waals surface area (Å²) in [6, 6.07) is 2.56. The van der Waals surface area contributed by atoms with Gasteiger partial charge < -0.3 is 5.11 Å². The van der Waals surface area contributed by atoms with Crippen LogP contribution >= 0.6 is 0 Å². The maximum absolute atomic E-state index is 13.4. The number of carbonyl (C=O) groups is 1. The van der Waals surface area contributed by atoms with Crippen molar-refractivity contribution in [2.45, 2.75) is 38.5 Å². The van der Waals surface area contributed by atoms with Gasteiger partial charge in [-0.25, -0.2) is 14.4 Å². The van der Waals surface area contributed by atoms with Crippen molar-refractivity contribution in [2.24, 2.45) is 0 Å². The first-order valence-electron chi connectivity index (χ1n) is 7.28. The van der Waals surface area contributed by atoms with Gasteiger partial charge in [0.2, 0.25) is 0 Å². The van der Waals surface area contributed by atoms with Gasteiger partial charge in [0.15, 0.2) is 5.82 Å². The zero-order valence-corrected chi connectivity index (χ0v) is 12.2. The Morgan fingerprint density at radius 3 is 2.95 bits per heavy atom. The first-order chi connectivity index (χ1) is 10.5. The summed E-state index contributed by atoms with van der Waals surface area (Å²) in [4.78, 5) is 24.1. The maximum Gasteiger partial charge on any atom is 0.304 e. The van der Waals surface area contributed by atoms with E-state index < -0.39 is 11.8 Å². The van der Waals surface area contributed by atoms with Crippen molar-refractivity contribution in [3.8, 4) is 11.5 Å². The second-order valence-electron chi connectivity index (χ2n) is 5.57. The lowest BCUT2D eigenvalue weighted by Crippen LogP contribution is -2.10. The molecule has 6 heteroatoms. The Morgan fingerprint density at radius 1 is 1.41 bits per heavy atom. The largest absolute Gasteiger partial charge is 0.481 e.